The molecule has 1 aliphatic rings. The van der Waals surface area contributed by atoms with Crippen molar-refractivity contribution in [2.75, 3.05) is 26.8 Å². The average Bonchev–Trinajstić information content (AvgIpc) is 2.40. The SMILES string of the molecule is COc1cc(C)c(S(=O)(=O)N2CCOC(C)C2)cc1C. The van der Waals surface area contributed by atoms with Gasteiger partial charge in [0.25, 0.3) is 0 Å². The van der Waals surface area contributed by atoms with Gasteiger partial charge in [-0.2, -0.15) is 4.31 Å². The van der Waals surface area contributed by atoms with Crippen molar-refractivity contribution in [3.63, 3.8) is 0 Å². The summed E-state index contributed by atoms with van der Waals surface area (Å²) in [6.45, 7) is 6.75. The highest BCUT2D eigenvalue weighted by Crippen LogP contribution is 2.28. The van der Waals surface area contributed by atoms with Gasteiger partial charge in [0.2, 0.25) is 10.0 Å². The van der Waals surface area contributed by atoms with E-state index < -0.39 is 10.0 Å². The number of nitrogens with zero attached hydrogens (tertiary/aromatic N) is 1. The van der Waals surface area contributed by atoms with Gasteiger partial charge in [-0.1, -0.05) is 0 Å². The first-order chi connectivity index (χ1) is 9.36. The normalized spacial score (nSPS) is 20.9. The van der Waals surface area contributed by atoms with E-state index in [1.165, 1.54) is 4.31 Å². The van der Waals surface area contributed by atoms with Crippen LogP contribution in [0.15, 0.2) is 17.0 Å². The number of morpholine rings is 1. The van der Waals surface area contributed by atoms with Crippen molar-refractivity contribution < 1.29 is 17.9 Å². The molecule has 0 N–H and O–H groups in total. The monoisotopic (exact) mass is 299 g/mol. The number of ether oxygens (including phenoxy) is 2. The molecule has 1 saturated heterocycles. The molecule has 0 saturated carbocycles. The first-order valence-corrected chi connectivity index (χ1v) is 8.07. The Kier molecular flexibility index (Phi) is 4.36. The van der Waals surface area contributed by atoms with E-state index in [4.69, 9.17) is 9.47 Å². The number of rotatable bonds is 3. The van der Waals surface area contributed by atoms with Crippen molar-refractivity contribution in [2.45, 2.75) is 31.8 Å². The van der Waals surface area contributed by atoms with Gasteiger partial charge in [0, 0.05) is 13.1 Å². The van der Waals surface area contributed by atoms with Gasteiger partial charge in [0.1, 0.15) is 5.75 Å². The molecule has 1 aromatic rings. The molecule has 1 heterocycles. The maximum atomic E-state index is 12.7. The fraction of sp³-hybridized carbons (Fsp3) is 0.571. The zero-order valence-electron chi connectivity index (χ0n) is 12.3. The Labute approximate surface area is 120 Å². The largest absolute Gasteiger partial charge is 0.496 e. The predicted molar refractivity (Wildman–Crippen MR) is 76.6 cm³/mol. The van der Waals surface area contributed by atoms with Crippen LogP contribution in [-0.4, -0.2) is 45.6 Å². The topological polar surface area (TPSA) is 55.8 Å². The Morgan fingerprint density at radius 2 is 2.00 bits per heavy atom. The molecule has 0 amide bonds. The van der Waals surface area contributed by atoms with Crippen LogP contribution < -0.4 is 4.74 Å². The Bertz CT molecular complexity index is 597. The molecule has 1 aliphatic heterocycles. The summed E-state index contributed by atoms with van der Waals surface area (Å²) >= 11 is 0. The smallest absolute Gasteiger partial charge is 0.243 e. The summed E-state index contributed by atoms with van der Waals surface area (Å²) < 4.78 is 37.6. The number of hydrogen-bond acceptors (Lipinski definition) is 4. The number of methoxy groups -OCH3 is 1. The first-order valence-electron chi connectivity index (χ1n) is 6.63. The molecule has 0 radical (unpaired) electrons. The Morgan fingerprint density at radius 1 is 1.30 bits per heavy atom. The average molecular weight is 299 g/mol. The van der Waals surface area contributed by atoms with Crippen LogP contribution in [0.25, 0.3) is 0 Å². The molecule has 0 aliphatic carbocycles. The standard InChI is InChI=1S/C14H21NO4S/c1-10-8-14(11(2)7-13(10)18-4)20(16,17)15-5-6-19-12(3)9-15/h7-8,12H,5-6,9H2,1-4H3. The number of sulfonamides is 1. The minimum atomic E-state index is -3.48. The number of hydrogen-bond donors (Lipinski definition) is 0. The molecular formula is C14H21NO4S. The maximum Gasteiger partial charge on any atom is 0.243 e. The van der Waals surface area contributed by atoms with E-state index in [-0.39, 0.29) is 6.10 Å². The van der Waals surface area contributed by atoms with Gasteiger partial charge in [-0.05, 0) is 44.0 Å². The Hall–Kier alpha value is -1.11. The lowest BCUT2D eigenvalue weighted by molar-refractivity contribution is 0.0102. The summed E-state index contributed by atoms with van der Waals surface area (Å²) in [4.78, 5) is 0.352. The minimum Gasteiger partial charge on any atom is -0.496 e. The second-order valence-electron chi connectivity index (χ2n) is 5.13. The molecule has 5 nitrogen and oxygen atoms in total. The first kappa shape index (κ1) is 15.3. The lowest BCUT2D eigenvalue weighted by Crippen LogP contribution is -2.44. The van der Waals surface area contributed by atoms with Crippen molar-refractivity contribution >= 4 is 10.0 Å². The third kappa shape index (κ3) is 2.82. The Balaban J connectivity index is 2.41. The molecule has 6 heteroatoms. The molecular weight excluding hydrogens is 278 g/mol. The van der Waals surface area contributed by atoms with E-state index in [2.05, 4.69) is 0 Å². The second kappa shape index (κ2) is 5.71. The van der Waals surface area contributed by atoms with Crippen LogP contribution >= 0.6 is 0 Å². The van der Waals surface area contributed by atoms with Gasteiger partial charge >= 0.3 is 0 Å². The maximum absolute atomic E-state index is 12.7. The van der Waals surface area contributed by atoms with E-state index in [0.29, 0.717) is 35.9 Å². The summed E-state index contributed by atoms with van der Waals surface area (Å²) in [6, 6.07) is 3.45. The van der Waals surface area contributed by atoms with E-state index >= 15 is 0 Å². The third-order valence-corrected chi connectivity index (χ3v) is 5.52. The molecule has 20 heavy (non-hydrogen) atoms. The fourth-order valence-corrected chi connectivity index (χ4v) is 4.20. The molecule has 1 atom stereocenters. The lowest BCUT2D eigenvalue weighted by Gasteiger charge is -2.30. The summed E-state index contributed by atoms with van der Waals surface area (Å²) in [6.07, 6.45) is -0.0711. The zero-order valence-corrected chi connectivity index (χ0v) is 13.2. The fourth-order valence-electron chi connectivity index (χ4n) is 2.40. The van der Waals surface area contributed by atoms with Gasteiger partial charge in [-0.25, -0.2) is 8.42 Å². The summed E-state index contributed by atoms with van der Waals surface area (Å²) in [5.41, 5.74) is 1.52. The van der Waals surface area contributed by atoms with Gasteiger partial charge in [0.05, 0.1) is 24.7 Å². The highest BCUT2D eigenvalue weighted by Gasteiger charge is 2.30. The van der Waals surface area contributed by atoms with E-state index in [0.717, 1.165) is 5.56 Å². The van der Waals surface area contributed by atoms with E-state index in [1.54, 1.807) is 26.2 Å². The van der Waals surface area contributed by atoms with Gasteiger partial charge in [-0.3, -0.25) is 0 Å². The van der Waals surface area contributed by atoms with Crippen molar-refractivity contribution in [3.05, 3.63) is 23.3 Å². The third-order valence-electron chi connectivity index (χ3n) is 3.51. The predicted octanol–water partition coefficient (Wildman–Crippen LogP) is 1.72. The van der Waals surface area contributed by atoms with Crippen LogP contribution in [0.4, 0.5) is 0 Å². The molecule has 2 rings (SSSR count). The van der Waals surface area contributed by atoms with Gasteiger partial charge in [-0.15, -0.1) is 0 Å². The second-order valence-corrected chi connectivity index (χ2v) is 7.04. The van der Waals surface area contributed by atoms with Crippen LogP contribution in [-0.2, 0) is 14.8 Å². The van der Waals surface area contributed by atoms with E-state index in [1.807, 2.05) is 13.8 Å². The van der Waals surface area contributed by atoms with Crippen LogP contribution in [0, 0.1) is 13.8 Å². The molecule has 1 aromatic carbocycles. The quantitative estimate of drug-likeness (QED) is 0.853. The minimum absolute atomic E-state index is 0.0711. The zero-order chi connectivity index (χ0) is 14.9. The molecule has 1 fully saturated rings. The highest BCUT2D eigenvalue weighted by molar-refractivity contribution is 7.89. The summed E-state index contributed by atoms with van der Waals surface area (Å²) in [5.74, 6) is 0.705. The molecule has 112 valence electrons. The molecule has 0 aromatic heterocycles. The van der Waals surface area contributed by atoms with Gasteiger partial charge < -0.3 is 9.47 Å². The van der Waals surface area contributed by atoms with Crippen molar-refractivity contribution in [1.82, 2.24) is 4.31 Å². The number of benzene rings is 1. The van der Waals surface area contributed by atoms with Crippen LogP contribution in [0.1, 0.15) is 18.1 Å². The number of aryl methyl sites for hydroxylation is 2. The van der Waals surface area contributed by atoms with Crippen LogP contribution in [0.3, 0.4) is 0 Å². The van der Waals surface area contributed by atoms with Crippen LogP contribution in [0.5, 0.6) is 5.75 Å². The summed E-state index contributed by atoms with van der Waals surface area (Å²) in [7, 11) is -1.89. The molecule has 0 bridgehead atoms. The van der Waals surface area contributed by atoms with Crippen LogP contribution in [0.2, 0.25) is 0 Å². The van der Waals surface area contributed by atoms with Crippen molar-refractivity contribution in [1.29, 1.82) is 0 Å². The molecule has 0 spiro atoms. The van der Waals surface area contributed by atoms with Crippen molar-refractivity contribution in [3.8, 4) is 5.75 Å². The van der Waals surface area contributed by atoms with E-state index in [9.17, 15) is 8.42 Å². The molecule has 1 unspecified atom stereocenters. The highest BCUT2D eigenvalue weighted by atomic mass is 32.2. The van der Waals surface area contributed by atoms with Gasteiger partial charge in [0.15, 0.2) is 0 Å². The lowest BCUT2D eigenvalue weighted by atomic mass is 10.1. The Morgan fingerprint density at radius 3 is 2.60 bits per heavy atom. The van der Waals surface area contributed by atoms with Crippen molar-refractivity contribution in [2.24, 2.45) is 0 Å². The summed E-state index contributed by atoms with van der Waals surface area (Å²) in [5, 5.41) is 0.